The van der Waals surface area contributed by atoms with Gasteiger partial charge in [0, 0.05) is 18.0 Å². The maximum Gasteiger partial charge on any atom is 0.0346 e. The van der Waals surface area contributed by atoms with Crippen LogP contribution in [0.5, 0.6) is 0 Å². The number of rotatable bonds is 7. The van der Waals surface area contributed by atoms with Crippen molar-refractivity contribution in [3.8, 4) is 77.9 Å². The highest BCUT2D eigenvalue weighted by Crippen LogP contribution is 2.51. The molecule has 11 aromatic rings. The number of pyridine rings is 1. The Morgan fingerprint density at radius 2 is 0.534 bits per heavy atom. The highest BCUT2D eigenvalue weighted by Gasteiger charge is 2.23. The maximum atomic E-state index is 4.62. The average Bonchev–Trinajstić information content (AvgIpc) is 3.31. The normalized spacial score (nSPS) is 11.4. The molecule has 0 saturated heterocycles. The average molecular weight is 736 g/mol. The van der Waals surface area contributed by atoms with Gasteiger partial charge in [-0.05, 0) is 123 Å². The van der Waals surface area contributed by atoms with Crippen LogP contribution < -0.4 is 0 Å². The van der Waals surface area contributed by atoms with Gasteiger partial charge in [-0.1, -0.05) is 194 Å². The molecule has 270 valence electrons. The molecule has 0 radical (unpaired) electrons. The number of hydrogen-bond donors (Lipinski definition) is 0. The van der Waals surface area contributed by atoms with Gasteiger partial charge in [0.25, 0.3) is 0 Å². The zero-order chi connectivity index (χ0) is 38.4. The molecular weight excluding hydrogens is 699 g/mol. The van der Waals surface area contributed by atoms with Gasteiger partial charge < -0.3 is 0 Å². The van der Waals surface area contributed by atoms with Crippen molar-refractivity contribution in [3.63, 3.8) is 0 Å². The Bertz CT molecular complexity index is 3140. The molecule has 11 rings (SSSR count). The van der Waals surface area contributed by atoms with Gasteiger partial charge in [0.05, 0.1) is 0 Å². The van der Waals surface area contributed by atoms with Crippen LogP contribution in [0.15, 0.2) is 225 Å². The summed E-state index contributed by atoms with van der Waals surface area (Å²) in [4.78, 5) is 4.62. The molecule has 0 bridgehead atoms. The van der Waals surface area contributed by atoms with E-state index in [0.29, 0.717) is 0 Å². The monoisotopic (exact) mass is 735 g/mol. The number of aromatic nitrogens is 1. The molecule has 0 atom stereocenters. The molecule has 0 fully saturated rings. The molecule has 1 aromatic heterocycles. The zero-order valence-corrected chi connectivity index (χ0v) is 31.8. The summed E-state index contributed by atoms with van der Waals surface area (Å²) in [5.74, 6) is 0. The van der Waals surface area contributed by atoms with Gasteiger partial charge in [0.15, 0.2) is 0 Å². The Morgan fingerprint density at radius 3 is 0.897 bits per heavy atom. The lowest BCUT2D eigenvalue weighted by Gasteiger charge is -2.23. The van der Waals surface area contributed by atoms with Crippen molar-refractivity contribution < 1.29 is 0 Å². The Morgan fingerprint density at radius 1 is 0.224 bits per heavy atom. The summed E-state index contributed by atoms with van der Waals surface area (Å²) in [6.45, 7) is 0. The van der Waals surface area contributed by atoms with Gasteiger partial charge in [-0.3, -0.25) is 4.98 Å². The van der Waals surface area contributed by atoms with E-state index < -0.39 is 0 Å². The van der Waals surface area contributed by atoms with Crippen LogP contribution >= 0.6 is 0 Å². The highest BCUT2D eigenvalue weighted by atomic mass is 14.6. The predicted octanol–water partition coefficient (Wildman–Crippen LogP) is 15.6. The predicted molar refractivity (Wildman–Crippen MR) is 246 cm³/mol. The van der Waals surface area contributed by atoms with Crippen LogP contribution in [-0.2, 0) is 0 Å². The van der Waals surface area contributed by atoms with Crippen molar-refractivity contribution in [1.82, 2.24) is 4.98 Å². The van der Waals surface area contributed by atoms with E-state index in [1.807, 2.05) is 18.5 Å². The first-order valence-corrected chi connectivity index (χ1v) is 20.0. The second kappa shape index (κ2) is 14.2. The van der Waals surface area contributed by atoms with Gasteiger partial charge in [-0.2, -0.15) is 0 Å². The third-order valence-corrected chi connectivity index (χ3v) is 11.8. The zero-order valence-electron chi connectivity index (χ0n) is 31.8. The number of nitrogens with zero attached hydrogens (tertiary/aromatic N) is 1. The summed E-state index contributed by atoms with van der Waals surface area (Å²) in [5.41, 5.74) is 16.8. The molecule has 10 aromatic carbocycles. The first-order valence-electron chi connectivity index (χ1n) is 20.0. The maximum absolute atomic E-state index is 4.62. The van der Waals surface area contributed by atoms with Crippen LogP contribution in [0, 0.1) is 0 Å². The standard InChI is InChI=1S/C57H37N/c1-4-17-38(18-5-1)42-24-10-13-27-45(42)53-35-52(41-23-16-34-58-37-41)48-30-31-50-54(46-28-14-11-25-43(46)39-19-6-2-7-20-39)36-55(51-33-32-49(53)56(48)57(50)51)47-29-15-12-26-44(47)40-21-8-3-9-22-40/h1-37H. The first-order chi connectivity index (χ1) is 28.8. The summed E-state index contributed by atoms with van der Waals surface area (Å²) >= 11 is 0. The topological polar surface area (TPSA) is 12.9 Å². The fourth-order valence-electron chi connectivity index (χ4n) is 9.18. The van der Waals surface area contributed by atoms with Crippen molar-refractivity contribution in [2.45, 2.75) is 0 Å². The molecule has 1 nitrogen and oxygen atoms in total. The largest absolute Gasteiger partial charge is 0.264 e. The number of benzene rings is 10. The third-order valence-electron chi connectivity index (χ3n) is 11.8. The van der Waals surface area contributed by atoms with Crippen LogP contribution in [-0.4, -0.2) is 4.98 Å². The molecule has 0 aliphatic heterocycles. The van der Waals surface area contributed by atoms with E-state index >= 15 is 0 Å². The highest BCUT2D eigenvalue weighted by molar-refractivity contribution is 6.32. The minimum absolute atomic E-state index is 1.10. The fourth-order valence-corrected chi connectivity index (χ4v) is 9.18. The lowest BCUT2D eigenvalue weighted by molar-refractivity contribution is 1.33. The molecule has 0 aliphatic rings. The van der Waals surface area contributed by atoms with E-state index in [9.17, 15) is 0 Å². The molecular formula is C57H37N. The molecule has 0 unspecified atom stereocenters. The van der Waals surface area contributed by atoms with E-state index in [4.69, 9.17) is 0 Å². The summed E-state index contributed by atoms with van der Waals surface area (Å²) in [6, 6.07) is 77.6. The quantitative estimate of drug-likeness (QED) is 0.149. The van der Waals surface area contributed by atoms with Gasteiger partial charge in [0.1, 0.15) is 0 Å². The first kappa shape index (κ1) is 33.7. The molecule has 1 heterocycles. The van der Waals surface area contributed by atoms with Crippen LogP contribution in [0.1, 0.15) is 0 Å². The lowest BCUT2D eigenvalue weighted by atomic mass is 9.80. The van der Waals surface area contributed by atoms with E-state index in [1.165, 1.54) is 105 Å². The molecule has 0 aliphatic carbocycles. The van der Waals surface area contributed by atoms with Crippen molar-refractivity contribution in [2.24, 2.45) is 0 Å². The molecule has 0 saturated carbocycles. The van der Waals surface area contributed by atoms with Crippen molar-refractivity contribution in [2.75, 3.05) is 0 Å². The summed E-state index contributed by atoms with van der Waals surface area (Å²) in [6.07, 6.45) is 3.86. The number of hydrogen-bond acceptors (Lipinski definition) is 1. The van der Waals surface area contributed by atoms with E-state index in [1.54, 1.807) is 0 Å². The SMILES string of the molecule is c1ccc(-c2ccccc2-c2cc(-c3cccnc3)c3ccc4c(-c5ccccc5-c5ccccc5)cc(-c5ccccc5-c5ccccc5)c5ccc2c3c45)cc1. The smallest absolute Gasteiger partial charge is 0.0346 e. The van der Waals surface area contributed by atoms with Crippen LogP contribution in [0.25, 0.3) is 110 Å². The van der Waals surface area contributed by atoms with Gasteiger partial charge in [0.2, 0.25) is 0 Å². The fraction of sp³-hybridized carbons (Fsp3) is 0. The lowest BCUT2D eigenvalue weighted by Crippen LogP contribution is -1.96. The summed E-state index contributed by atoms with van der Waals surface area (Å²) in [7, 11) is 0. The molecule has 0 spiro atoms. The van der Waals surface area contributed by atoms with Crippen molar-refractivity contribution in [1.29, 1.82) is 0 Å². The second-order valence-electron chi connectivity index (χ2n) is 15.0. The summed E-state index contributed by atoms with van der Waals surface area (Å²) < 4.78 is 0. The Balaban J connectivity index is 1.32. The van der Waals surface area contributed by atoms with Crippen LogP contribution in [0.4, 0.5) is 0 Å². The molecule has 1 heteroatoms. The van der Waals surface area contributed by atoms with Crippen LogP contribution in [0.3, 0.4) is 0 Å². The van der Waals surface area contributed by atoms with E-state index in [2.05, 4.69) is 211 Å². The summed E-state index contributed by atoms with van der Waals surface area (Å²) in [5, 5.41) is 7.48. The Hall–Kier alpha value is -7.61. The molecule has 0 N–H and O–H groups in total. The molecule has 58 heavy (non-hydrogen) atoms. The second-order valence-corrected chi connectivity index (χ2v) is 15.0. The Labute approximate surface area is 338 Å². The Kier molecular flexibility index (Phi) is 8.23. The van der Waals surface area contributed by atoms with Crippen LogP contribution in [0.2, 0.25) is 0 Å². The van der Waals surface area contributed by atoms with E-state index in [-0.39, 0.29) is 0 Å². The van der Waals surface area contributed by atoms with Gasteiger partial charge in [-0.15, -0.1) is 0 Å². The molecule has 0 amide bonds. The van der Waals surface area contributed by atoms with Crippen molar-refractivity contribution in [3.05, 3.63) is 225 Å². The van der Waals surface area contributed by atoms with Gasteiger partial charge in [-0.25, -0.2) is 0 Å². The van der Waals surface area contributed by atoms with E-state index in [0.717, 1.165) is 5.56 Å². The van der Waals surface area contributed by atoms with Crippen molar-refractivity contribution >= 4 is 32.3 Å². The minimum Gasteiger partial charge on any atom is -0.264 e. The minimum atomic E-state index is 1.10. The van der Waals surface area contributed by atoms with Gasteiger partial charge >= 0.3 is 0 Å². The third kappa shape index (κ3) is 5.59.